The monoisotopic (exact) mass is 445 g/mol. The summed E-state index contributed by atoms with van der Waals surface area (Å²) in [6, 6.07) is 19.0. The minimum Gasteiger partial charge on any atom is -0.375 e. The summed E-state index contributed by atoms with van der Waals surface area (Å²) < 4.78 is 5.64. The first kappa shape index (κ1) is 21.7. The predicted octanol–water partition coefficient (Wildman–Crippen LogP) is 5.52. The molecule has 2 heterocycles. The first-order valence-corrected chi connectivity index (χ1v) is 11.2. The van der Waals surface area contributed by atoms with Gasteiger partial charge in [0.2, 0.25) is 5.43 Å². The molecule has 0 aliphatic rings. The Morgan fingerprint density at radius 2 is 1.75 bits per heavy atom. The van der Waals surface area contributed by atoms with E-state index in [2.05, 4.69) is 15.3 Å². The topological polar surface area (TPSA) is 84.1 Å². The zero-order valence-electron chi connectivity index (χ0n) is 17.8. The van der Waals surface area contributed by atoms with Crippen molar-refractivity contribution in [3.8, 4) is 22.4 Å². The van der Waals surface area contributed by atoms with Crippen molar-refractivity contribution in [2.75, 3.05) is 12.4 Å². The Hall–Kier alpha value is -3.55. The maximum absolute atomic E-state index is 13.9. The maximum Gasteiger partial charge on any atom is 0.263 e. The maximum atomic E-state index is 13.9. The summed E-state index contributed by atoms with van der Waals surface area (Å²) >= 11 is 1.29. The van der Waals surface area contributed by atoms with E-state index in [0.717, 1.165) is 11.1 Å². The number of aromatic amines is 1. The van der Waals surface area contributed by atoms with Crippen molar-refractivity contribution < 1.29 is 9.53 Å². The predicted molar refractivity (Wildman–Crippen MR) is 128 cm³/mol. The third kappa shape index (κ3) is 4.26. The smallest absolute Gasteiger partial charge is 0.263 e. The number of anilines is 1. The van der Waals surface area contributed by atoms with Gasteiger partial charge in [0.05, 0.1) is 23.1 Å². The summed E-state index contributed by atoms with van der Waals surface area (Å²) in [5.41, 5.74) is 2.80. The van der Waals surface area contributed by atoms with Gasteiger partial charge in [-0.1, -0.05) is 67.6 Å². The van der Waals surface area contributed by atoms with Crippen molar-refractivity contribution in [2.24, 2.45) is 0 Å². The summed E-state index contributed by atoms with van der Waals surface area (Å²) in [6.07, 6.45) is 1.73. The molecule has 2 N–H and O–H groups in total. The third-order valence-corrected chi connectivity index (χ3v) is 5.90. The molecule has 0 radical (unpaired) electrons. The lowest BCUT2D eigenvalue weighted by atomic mass is 9.94. The molecule has 1 atom stereocenters. The highest BCUT2D eigenvalue weighted by Gasteiger charge is 2.27. The van der Waals surface area contributed by atoms with Gasteiger partial charge < -0.3 is 9.72 Å². The molecule has 6 nitrogen and oxygen atoms in total. The van der Waals surface area contributed by atoms with Crippen LogP contribution in [0.5, 0.6) is 0 Å². The zero-order chi connectivity index (χ0) is 22.5. The Morgan fingerprint density at radius 3 is 2.31 bits per heavy atom. The normalized spacial score (nSPS) is 11.8. The van der Waals surface area contributed by atoms with Crippen molar-refractivity contribution in [2.45, 2.75) is 19.4 Å². The van der Waals surface area contributed by atoms with E-state index in [0.29, 0.717) is 28.5 Å². The second-order valence-electron chi connectivity index (χ2n) is 7.15. The van der Waals surface area contributed by atoms with Crippen LogP contribution in [0, 0.1) is 0 Å². The zero-order valence-corrected chi connectivity index (χ0v) is 18.6. The van der Waals surface area contributed by atoms with E-state index < -0.39 is 12.0 Å². The summed E-state index contributed by atoms with van der Waals surface area (Å²) in [4.78, 5) is 34.8. The van der Waals surface area contributed by atoms with E-state index in [1.165, 1.54) is 11.3 Å². The lowest BCUT2D eigenvalue weighted by Crippen LogP contribution is -2.28. The molecule has 0 aliphatic heterocycles. The summed E-state index contributed by atoms with van der Waals surface area (Å²) in [7, 11) is 1.57. The molecule has 7 heteroatoms. The first-order valence-electron chi connectivity index (χ1n) is 10.3. The molecule has 0 bridgehead atoms. The Kier molecular flexibility index (Phi) is 6.58. The van der Waals surface area contributed by atoms with Gasteiger partial charge in [-0.15, -0.1) is 11.3 Å². The van der Waals surface area contributed by atoms with Crippen LogP contribution in [0.1, 0.15) is 35.5 Å². The highest BCUT2D eigenvalue weighted by Crippen LogP contribution is 2.32. The van der Waals surface area contributed by atoms with E-state index in [1.807, 2.05) is 67.6 Å². The number of carbonyl (C=O) groups excluding carboxylic acids is 1. The largest absolute Gasteiger partial charge is 0.375 e. The van der Waals surface area contributed by atoms with Crippen LogP contribution in [0.2, 0.25) is 0 Å². The number of benzene rings is 2. The number of carbonyl (C=O) groups is 1. The number of hydrogen-bond donors (Lipinski definition) is 2. The molecule has 2 aromatic heterocycles. The number of nitrogens with zero attached hydrogens (tertiary/aromatic N) is 1. The van der Waals surface area contributed by atoms with Crippen molar-refractivity contribution in [1.82, 2.24) is 9.97 Å². The number of methoxy groups -OCH3 is 1. The van der Waals surface area contributed by atoms with E-state index in [1.54, 1.807) is 18.7 Å². The van der Waals surface area contributed by atoms with Crippen molar-refractivity contribution in [3.05, 3.63) is 93.7 Å². The minimum atomic E-state index is -0.511. The van der Waals surface area contributed by atoms with Gasteiger partial charge in [-0.3, -0.25) is 14.9 Å². The van der Waals surface area contributed by atoms with Crippen LogP contribution >= 0.6 is 11.3 Å². The highest BCUT2D eigenvalue weighted by atomic mass is 32.1. The Morgan fingerprint density at radius 1 is 1.09 bits per heavy atom. The quantitative estimate of drug-likeness (QED) is 0.393. The molecule has 2 aromatic carbocycles. The first-order chi connectivity index (χ1) is 15.6. The fraction of sp³-hybridized carbons (Fsp3) is 0.160. The number of ether oxygens (including phenoxy) is 1. The van der Waals surface area contributed by atoms with Crippen molar-refractivity contribution in [1.29, 1.82) is 0 Å². The van der Waals surface area contributed by atoms with E-state index in [9.17, 15) is 9.59 Å². The summed E-state index contributed by atoms with van der Waals surface area (Å²) in [5.74, 6) is -0.511. The van der Waals surface area contributed by atoms with E-state index in [4.69, 9.17) is 4.74 Å². The van der Waals surface area contributed by atoms with Crippen LogP contribution < -0.4 is 10.7 Å². The molecule has 0 saturated heterocycles. The molecule has 4 aromatic rings. The van der Waals surface area contributed by atoms with Gasteiger partial charge in [-0.05, 0) is 17.5 Å². The van der Waals surface area contributed by atoms with Crippen LogP contribution in [0.3, 0.4) is 0 Å². The van der Waals surface area contributed by atoms with Gasteiger partial charge in [0.15, 0.2) is 5.13 Å². The molecule has 32 heavy (non-hydrogen) atoms. The van der Waals surface area contributed by atoms with Gasteiger partial charge in [-0.25, -0.2) is 4.98 Å². The molecule has 4 rings (SSSR count). The molecule has 0 aliphatic carbocycles. The molecular formula is C25H23N3O3S. The van der Waals surface area contributed by atoms with Crippen molar-refractivity contribution >= 4 is 22.4 Å². The van der Waals surface area contributed by atoms with Crippen LogP contribution in [0.15, 0.2) is 77.0 Å². The molecule has 162 valence electrons. The summed E-state index contributed by atoms with van der Waals surface area (Å²) in [5, 5.41) is 4.95. The van der Waals surface area contributed by atoms with Crippen molar-refractivity contribution in [3.63, 3.8) is 0 Å². The molecular weight excluding hydrogens is 422 g/mol. The lowest BCUT2D eigenvalue weighted by Gasteiger charge is -2.21. The minimum absolute atomic E-state index is 0.0347. The van der Waals surface area contributed by atoms with Crippen LogP contribution in [-0.2, 0) is 4.74 Å². The number of pyridine rings is 1. The molecule has 0 fully saturated rings. The van der Waals surface area contributed by atoms with Gasteiger partial charge in [0.1, 0.15) is 5.56 Å². The number of aromatic nitrogens is 2. The number of amides is 1. The molecule has 1 amide bonds. The van der Waals surface area contributed by atoms with Crippen LogP contribution in [0.4, 0.5) is 5.13 Å². The average Bonchev–Trinajstić information content (AvgIpc) is 3.33. The molecule has 0 saturated carbocycles. The highest BCUT2D eigenvalue weighted by molar-refractivity contribution is 7.13. The average molecular weight is 446 g/mol. The standard InChI is InChI=1S/C25H23N3O3S/c1-3-18(31-2)22-20(24(30)28-25-26-14-15-32-25)23(29)19(16-10-6-4-7-11-16)21(27-22)17-12-8-5-9-13-17/h4-15,18H,3H2,1-2H3,(H,27,29)(H,26,28,30). The Labute approximate surface area is 189 Å². The number of thiazole rings is 1. The number of hydrogen-bond acceptors (Lipinski definition) is 5. The van der Waals surface area contributed by atoms with Gasteiger partial charge >= 0.3 is 0 Å². The Balaban J connectivity index is 2.02. The fourth-order valence-electron chi connectivity index (χ4n) is 3.72. The number of nitrogens with one attached hydrogen (secondary N) is 2. The SMILES string of the molecule is CCC(OC)c1[nH]c(-c2ccccc2)c(-c2ccccc2)c(=O)c1C(=O)Nc1nccs1. The Bertz CT molecular complexity index is 1250. The van der Waals surface area contributed by atoms with Crippen LogP contribution in [-0.4, -0.2) is 23.0 Å². The molecule has 1 unspecified atom stereocenters. The third-order valence-electron chi connectivity index (χ3n) is 5.22. The molecule has 0 spiro atoms. The van der Waals surface area contributed by atoms with E-state index >= 15 is 0 Å². The summed E-state index contributed by atoms with van der Waals surface area (Å²) in [6.45, 7) is 1.95. The van der Waals surface area contributed by atoms with Gasteiger partial charge in [0, 0.05) is 18.7 Å². The number of H-pyrrole nitrogens is 1. The number of rotatable bonds is 7. The van der Waals surface area contributed by atoms with Crippen LogP contribution in [0.25, 0.3) is 22.4 Å². The second-order valence-corrected chi connectivity index (χ2v) is 8.04. The van der Waals surface area contributed by atoms with Gasteiger partial charge in [-0.2, -0.15) is 0 Å². The van der Waals surface area contributed by atoms with E-state index in [-0.39, 0.29) is 11.0 Å². The van der Waals surface area contributed by atoms with Gasteiger partial charge in [0.25, 0.3) is 5.91 Å². The fourth-order valence-corrected chi connectivity index (χ4v) is 4.25. The lowest BCUT2D eigenvalue weighted by molar-refractivity contribution is 0.0914. The second kappa shape index (κ2) is 9.72.